The van der Waals surface area contributed by atoms with Gasteiger partial charge in [0.2, 0.25) is 11.8 Å². The summed E-state index contributed by atoms with van der Waals surface area (Å²) in [6.45, 7) is 1.66. The first-order valence-electron chi connectivity index (χ1n) is 7.30. The molecule has 2 aromatic carbocycles. The minimum Gasteiger partial charge on any atom is -0.384 e. The van der Waals surface area contributed by atoms with Crippen LogP contribution in [0.25, 0.3) is 0 Å². The molecule has 0 atom stereocenters. The van der Waals surface area contributed by atoms with Gasteiger partial charge in [0.05, 0.1) is 0 Å². The number of rotatable bonds is 6. The van der Waals surface area contributed by atoms with Crippen molar-refractivity contribution in [1.29, 1.82) is 0 Å². The van der Waals surface area contributed by atoms with Crippen LogP contribution in [0.2, 0.25) is 0 Å². The molecule has 0 radical (unpaired) electrons. The summed E-state index contributed by atoms with van der Waals surface area (Å²) in [4.78, 5) is 22.9. The van der Waals surface area contributed by atoms with Gasteiger partial charge in [-0.05, 0) is 36.4 Å². The lowest BCUT2D eigenvalue weighted by Crippen LogP contribution is -2.16. The van der Waals surface area contributed by atoms with Crippen LogP contribution in [0.4, 0.5) is 25.8 Å². The molecule has 2 rings (SSSR count). The Morgan fingerprint density at radius 2 is 1.62 bits per heavy atom. The zero-order valence-electron chi connectivity index (χ0n) is 13.0. The first-order valence-corrected chi connectivity index (χ1v) is 7.30. The van der Waals surface area contributed by atoms with Crippen molar-refractivity contribution in [1.82, 2.24) is 0 Å². The number of benzene rings is 2. The average molecular weight is 333 g/mol. The number of nitrogens with one attached hydrogen (secondary N) is 3. The summed E-state index contributed by atoms with van der Waals surface area (Å²) < 4.78 is 25.9. The normalized spacial score (nSPS) is 10.1. The molecule has 0 unspecified atom stereocenters. The second kappa shape index (κ2) is 8.05. The molecule has 0 aliphatic rings. The Morgan fingerprint density at radius 3 is 2.29 bits per heavy atom. The molecule has 5 nitrogen and oxygen atoms in total. The summed E-state index contributed by atoms with van der Waals surface area (Å²) in [7, 11) is 0. The molecule has 3 N–H and O–H groups in total. The second-order valence-electron chi connectivity index (χ2n) is 5.12. The smallest absolute Gasteiger partial charge is 0.226 e. The first-order chi connectivity index (χ1) is 11.4. The third kappa shape index (κ3) is 5.35. The summed E-state index contributed by atoms with van der Waals surface area (Å²) in [6.07, 6.45) is 0.142. The van der Waals surface area contributed by atoms with Gasteiger partial charge in [0.25, 0.3) is 0 Å². The van der Waals surface area contributed by atoms with E-state index >= 15 is 0 Å². The zero-order chi connectivity index (χ0) is 17.5. The van der Waals surface area contributed by atoms with Crippen molar-refractivity contribution in [2.45, 2.75) is 13.3 Å². The highest BCUT2D eigenvalue weighted by atomic mass is 19.2. The van der Waals surface area contributed by atoms with Gasteiger partial charge in [-0.1, -0.05) is 6.07 Å². The van der Waals surface area contributed by atoms with Crippen LogP contribution < -0.4 is 16.0 Å². The molecule has 0 bridgehead atoms. The average Bonchev–Trinajstić information content (AvgIpc) is 2.50. The molecule has 0 aliphatic heterocycles. The van der Waals surface area contributed by atoms with E-state index in [-0.39, 0.29) is 24.8 Å². The standard InChI is InChI=1S/C17H17F2N3O2/c1-11(23)21-13-3-2-4-14(9-13)22-17(24)7-8-20-12-5-6-15(18)16(19)10-12/h2-6,9-10,20H,7-8H2,1H3,(H,21,23)(H,22,24). The minimum absolute atomic E-state index is 0.142. The molecule has 0 heterocycles. The topological polar surface area (TPSA) is 70.2 Å². The molecule has 24 heavy (non-hydrogen) atoms. The quantitative estimate of drug-likeness (QED) is 0.759. The number of hydrogen-bond donors (Lipinski definition) is 3. The van der Waals surface area contributed by atoms with Crippen molar-refractivity contribution in [3.05, 3.63) is 54.1 Å². The van der Waals surface area contributed by atoms with Crippen LogP contribution >= 0.6 is 0 Å². The van der Waals surface area contributed by atoms with Crippen molar-refractivity contribution in [2.24, 2.45) is 0 Å². The van der Waals surface area contributed by atoms with Crippen molar-refractivity contribution in [3.63, 3.8) is 0 Å². The van der Waals surface area contributed by atoms with Gasteiger partial charge < -0.3 is 16.0 Å². The predicted molar refractivity (Wildman–Crippen MR) is 88.8 cm³/mol. The van der Waals surface area contributed by atoms with E-state index in [9.17, 15) is 18.4 Å². The van der Waals surface area contributed by atoms with Crippen molar-refractivity contribution >= 4 is 28.9 Å². The Bertz CT molecular complexity index is 750. The van der Waals surface area contributed by atoms with Crippen molar-refractivity contribution in [2.75, 3.05) is 22.5 Å². The van der Waals surface area contributed by atoms with Gasteiger partial charge in [-0.2, -0.15) is 0 Å². The van der Waals surface area contributed by atoms with Gasteiger partial charge in [-0.3, -0.25) is 9.59 Å². The van der Waals surface area contributed by atoms with Gasteiger partial charge in [0, 0.05) is 37.0 Å². The Labute approximate surface area is 138 Å². The van der Waals surface area contributed by atoms with Gasteiger partial charge in [0.15, 0.2) is 11.6 Å². The maximum Gasteiger partial charge on any atom is 0.226 e. The number of halogens is 2. The van der Waals surface area contributed by atoms with E-state index in [1.54, 1.807) is 24.3 Å². The molecule has 0 spiro atoms. The monoisotopic (exact) mass is 333 g/mol. The van der Waals surface area contributed by atoms with E-state index < -0.39 is 11.6 Å². The Morgan fingerprint density at radius 1 is 0.917 bits per heavy atom. The van der Waals surface area contributed by atoms with Crippen LogP contribution in [0.3, 0.4) is 0 Å². The Balaban J connectivity index is 1.82. The van der Waals surface area contributed by atoms with E-state index in [2.05, 4.69) is 16.0 Å². The number of anilines is 3. The highest BCUT2D eigenvalue weighted by Gasteiger charge is 2.05. The second-order valence-corrected chi connectivity index (χ2v) is 5.12. The van der Waals surface area contributed by atoms with E-state index in [1.165, 1.54) is 13.0 Å². The molecule has 0 aliphatic carbocycles. The molecule has 0 aromatic heterocycles. The maximum absolute atomic E-state index is 13.1. The van der Waals surface area contributed by atoms with Crippen molar-refractivity contribution < 1.29 is 18.4 Å². The lowest BCUT2D eigenvalue weighted by molar-refractivity contribution is -0.116. The number of carbonyl (C=O) groups excluding carboxylic acids is 2. The zero-order valence-corrected chi connectivity index (χ0v) is 13.0. The fourth-order valence-corrected chi connectivity index (χ4v) is 2.03. The Kier molecular flexibility index (Phi) is 5.83. The SMILES string of the molecule is CC(=O)Nc1cccc(NC(=O)CCNc2ccc(F)c(F)c2)c1. The van der Waals surface area contributed by atoms with Crippen LogP contribution in [-0.2, 0) is 9.59 Å². The van der Waals surface area contributed by atoms with Gasteiger partial charge in [0.1, 0.15) is 0 Å². The lowest BCUT2D eigenvalue weighted by Gasteiger charge is -2.09. The molecule has 0 saturated heterocycles. The summed E-state index contributed by atoms with van der Waals surface area (Å²) in [5.74, 6) is -2.31. The third-order valence-corrected chi connectivity index (χ3v) is 3.07. The van der Waals surface area contributed by atoms with Gasteiger partial charge >= 0.3 is 0 Å². The summed E-state index contributed by atoms with van der Waals surface area (Å²) in [5.41, 5.74) is 1.54. The number of hydrogen-bond acceptors (Lipinski definition) is 3. The molecule has 2 aromatic rings. The molecule has 7 heteroatoms. The highest BCUT2D eigenvalue weighted by molar-refractivity contribution is 5.93. The third-order valence-electron chi connectivity index (χ3n) is 3.07. The predicted octanol–water partition coefficient (Wildman–Crippen LogP) is 3.36. The Hall–Kier alpha value is -2.96. The van der Waals surface area contributed by atoms with Crippen molar-refractivity contribution in [3.8, 4) is 0 Å². The fraction of sp³-hybridized carbons (Fsp3) is 0.176. The summed E-state index contributed by atoms with van der Waals surface area (Å²) in [6, 6.07) is 10.2. The van der Waals surface area contributed by atoms with Crippen LogP contribution in [-0.4, -0.2) is 18.4 Å². The van der Waals surface area contributed by atoms with Gasteiger partial charge in [-0.15, -0.1) is 0 Å². The molecule has 0 fully saturated rings. The van der Waals surface area contributed by atoms with Gasteiger partial charge in [-0.25, -0.2) is 8.78 Å². The highest BCUT2D eigenvalue weighted by Crippen LogP contribution is 2.16. The van der Waals surface area contributed by atoms with E-state index in [0.717, 1.165) is 12.1 Å². The van der Waals surface area contributed by atoms with E-state index in [4.69, 9.17) is 0 Å². The maximum atomic E-state index is 13.1. The molecule has 0 saturated carbocycles. The number of amides is 2. The summed E-state index contributed by atoms with van der Waals surface area (Å²) in [5, 5.41) is 8.16. The molecule has 2 amide bonds. The lowest BCUT2D eigenvalue weighted by atomic mass is 10.2. The van der Waals surface area contributed by atoms with E-state index in [1.807, 2.05) is 0 Å². The first kappa shape index (κ1) is 17.4. The molecular weight excluding hydrogens is 316 g/mol. The number of carbonyl (C=O) groups is 2. The van der Waals surface area contributed by atoms with Crippen LogP contribution in [0.15, 0.2) is 42.5 Å². The van der Waals surface area contributed by atoms with Crippen LogP contribution in [0, 0.1) is 11.6 Å². The minimum atomic E-state index is -0.945. The molecule has 126 valence electrons. The van der Waals surface area contributed by atoms with Crippen LogP contribution in [0.1, 0.15) is 13.3 Å². The van der Waals surface area contributed by atoms with E-state index in [0.29, 0.717) is 17.1 Å². The largest absolute Gasteiger partial charge is 0.384 e. The summed E-state index contributed by atoms with van der Waals surface area (Å²) >= 11 is 0. The van der Waals surface area contributed by atoms with Crippen LogP contribution in [0.5, 0.6) is 0 Å². The molecular formula is C17H17F2N3O2. The fourth-order valence-electron chi connectivity index (χ4n) is 2.03.